The molecule has 1 saturated heterocycles. The van der Waals surface area contributed by atoms with Crippen LogP contribution in [0.5, 0.6) is 0 Å². The van der Waals surface area contributed by atoms with Gasteiger partial charge in [-0.1, -0.05) is 76.6 Å². The van der Waals surface area contributed by atoms with E-state index >= 15 is 0 Å². The van der Waals surface area contributed by atoms with E-state index in [1.54, 1.807) is 0 Å². The van der Waals surface area contributed by atoms with E-state index < -0.39 is 0 Å². The normalized spacial score (nSPS) is 22.0. The number of amides is 1. The summed E-state index contributed by atoms with van der Waals surface area (Å²) in [5, 5.41) is 3.73. The second kappa shape index (κ2) is 8.15. The van der Waals surface area contributed by atoms with Gasteiger partial charge in [-0.05, 0) is 41.3 Å². The van der Waals surface area contributed by atoms with Crippen molar-refractivity contribution in [3.63, 3.8) is 0 Å². The molecule has 1 fully saturated rings. The van der Waals surface area contributed by atoms with Gasteiger partial charge in [0.25, 0.3) is 0 Å². The molecule has 0 spiro atoms. The lowest BCUT2D eigenvalue weighted by molar-refractivity contribution is 0.0865. The molecule has 3 atom stereocenters. The second-order valence-corrected chi connectivity index (χ2v) is 8.81. The highest BCUT2D eigenvalue weighted by Gasteiger charge is 2.46. The number of nitrogens with one attached hydrogen (secondary N) is 1. The van der Waals surface area contributed by atoms with Crippen LogP contribution < -0.4 is 5.32 Å². The van der Waals surface area contributed by atoms with Crippen LogP contribution in [0.1, 0.15) is 35.2 Å². The maximum atomic E-state index is 13.1. The van der Waals surface area contributed by atoms with Crippen molar-refractivity contribution in [3.05, 3.63) is 100 Å². The van der Waals surface area contributed by atoms with Gasteiger partial charge in [0.15, 0.2) is 0 Å². The standard InChI is InChI=1S/C25H23BrN2O2/c26-19-11-12-22-21(15-19)24-20(23(27-22)18-9-5-2-6-10-18)13-14-28(24)25(29)30-16-17-7-3-1-4-8-17/h1-12,15,20,23-24,27H,13-14,16H2/t20-,23+,24-/m1/s1. The lowest BCUT2D eigenvalue weighted by Gasteiger charge is -2.39. The average molecular weight is 463 g/mol. The number of rotatable bonds is 3. The monoisotopic (exact) mass is 462 g/mol. The van der Waals surface area contributed by atoms with Gasteiger partial charge in [0, 0.05) is 22.6 Å². The van der Waals surface area contributed by atoms with Crippen molar-refractivity contribution in [2.24, 2.45) is 5.92 Å². The van der Waals surface area contributed by atoms with Crippen molar-refractivity contribution in [3.8, 4) is 0 Å². The SMILES string of the molecule is O=C(OCc1ccccc1)N1CC[C@@H]2[C@H](c3ccccc3)Nc3ccc(Br)cc3[C@@H]21. The molecular weight excluding hydrogens is 440 g/mol. The molecule has 5 rings (SSSR count). The van der Waals surface area contributed by atoms with E-state index in [0.29, 0.717) is 19.1 Å². The third-order valence-electron chi connectivity index (χ3n) is 6.11. The molecule has 1 N–H and O–H groups in total. The van der Waals surface area contributed by atoms with Crippen molar-refractivity contribution in [1.29, 1.82) is 0 Å². The Bertz CT molecular complexity index is 1040. The van der Waals surface area contributed by atoms with Crippen LogP contribution in [-0.4, -0.2) is 17.5 Å². The largest absolute Gasteiger partial charge is 0.445 e. The topological polar surface area (TPSA) is 41.6 Å². The molecule has 1 amide bonds. The van der Waals surface area contributed by atoms with Crippen LogP contribution in [0.2, 0.25) is 0 Å². The Hall–Kier alpha value is -2.79. The van der Waals surface area contributed by atoms with E-state index in [-0.39, 0.29) is 18.2 Å². The van der Waals surface area contributed by atoms with Crippen molar-refractivity contribution in [2.45, 2.75) is 25.1 Å². The maximum absolute atomic E-state index is 13.1. The molecular formula is C25H23BrN2O2. The zero-order valence-corrected chi connectivity index (χ0v) is 18.1. The summed E-state index contributed by atoms with van der Waals surface area (Å²) >= 11 is 3.60. The summed E-state index contributed by atoms with van der Waals surface area (Å²) < 4.78 is 6.72. The lowest BCUT2D eigenvalue weighted by atomic mass is 9.80. The molecule has 3 aromatic carbocycles. The fourth-order valence-electron chi connectivity index (χ4n) is 4.75. The summed E-state index contributed by atoms with van der Waals surface area (Å²) in [7, 11) is 0. The highest BCUT2D eigenvalue weighted by atomic mass is 79.9. The van der Waals surface area contributed by atoms with Crippen molar-refractivity contribution < 1.29 is 9.53 Å². The summed E-state index contributed by atoms with van der Waals surface area (Å²) in [5.41, 5.74) is 4.48. The van der Waals surface area contributed by atoms with E-state index in [2.05, 4.69) is 57.6 Å². The summed E-state index contributed by atoms with van der Waals surface area (Å²) in [6, 6.07) is 26.8. The quantitative estimate of drug-likeness (QED) is 0.495. The van der Waals surface area contributed by atoms with Crippen molar-refractivity contribution >= 4 is 27.7 Å². The van der Waals surface area contributed by atoms with Gasteiger partial charge in [0.05, 0.1) is 12.1 Å². The van der Waals surface area contributed by atoms with Crippen LogP contribution in [-0.2, 0) is 11.3 Å². The van der Waals surface area contributed by atoms with Crippen LogP contribution in [0.4, 0.5) is 10.5 Å². The van der Waals surface area contributed by atoms with Gasteiger partial charge in [-0.2, -0.15) is 0 Å². The number of ether oxygens (including phenoxy) is 1. The molecule has 30 heavy (non-hydrogen) atoms. The zero-order valence-electron chi connectivity index (χ0n) is 16.5. The van der Waals surface area contributed by atoms with E-state index in [9.17, 15) is 4.79 Å². The van der Waals surface area contributed by atoms with E-state index in [4.69, 9.17) is 4.74 Å². The van der Waals surface area contributed by atoms with Gasteiger partial charge in [0.1, 0.15) is 6.61 Å². The first-order chi connectivity index (χ1) is 14.7. The number of carbonyl (C=O) groups excluding carboxylic acids is 1. The molecule has 0 radical (unpaired) electrons. The molecule has 152 valence electrons. The first-order valence-corrected chi connectivity index (χ1v) is 11.1. The predicted octanol–water partition coefficient (Wildman–Crippen LogP) is 6.32. The maximum Gasteiger partial charge on any atom is 0.410 e. The Balaban J connectivity index is 1.45. The number of hydrogen-bond donors (Lipinski definition) is 1. The Morgan fingerprint density at radius 3 is 2.53 bits per heavy atom. The number of carbonyl (C=O) groups is 1. The minimum absolute atomic E-state index is 0.00719. The Labute approximate surface area is 185 Å². The molecule has 2 heterocycles. The molecule has 0 unspecified atom stereocenters. The van der Waals surface area contributed by atoms with Gasteiger partial charge < -0.3 is 15.0 Å². The van der Waals surface area contributed by atoms with E-state index in [1.807, 2.05) is 47.4 Å². The number of fused-ring (bicyclic) bond motifs is 3. The fraction of sp³-hybridized carbons (Fsp3) is 0.240. The molecule has 0 saturated carbocycles. The van der Waals surface area contributed by atoms with E-state index in [0.717, 1.165) is 27.7 Å². The minimum atomic E-state index is -0.244. The fourth-order valence-corrected chi connectivity index (χ4v) is 5.12. The molecule has 0 aromatic heterocycles. The Morgan fingerprint density at radius 1 is 1.03 bits per heavy atom. The third kappa shape index (κ3) is 3.58. The summed E-state index contributed by atoms with van der Waals surface area (Å²) in [6.07, 6.45) is 0.690. The first kappa shape index (κ1) is 19.2. The van der Waals surface area contributed by atoms with Crippen molar-refractivity contribution in [2.75, 3.05) is 11.9 Å². The van der Waals surface area contributed by atoms with Gasteiger partial charge in [-0.25, -0.2) is 4.79 Å². The molecule has 0 bridgehead atoms. The smallest absolute Gasteiger partial charge is 0.410 e. The minimum Gasteiger partial charge on any atom is -0.445 e. The molecule has 4 nitrogen and oxygen atoms in total. The van der Waals surface area contributed by atoms with Crippen LogP contribution in [0, 0.1) is 5.92 Å². The molecule has 2 aliphatic heterocycles. The number of likely N-dealkylation sites (tertiary alicyclic amines) is 1. The van der Waals surface area contributed by atoms with Gasteiger partial charge in [-0.15, -0.1) is 0 Å². The lowest BCUT2D eigenvalue weighted by Crippen LogP contribution is -2.37. The van der Waals surface area contributed by atoms with Gasteiger partial charge >= 0.3 is 6.09 Å². The third-order valence-corrected chi connectivity index (χ3v) is 6.61. The number of benzene rings is 3. The number of halogens is 1. The predicted molar refractivity (Wildman–Crippen MR) is 121 cm³/mol. The van der Waals surface area contributed by atoms with E-state index in [1.165, 1.54) is 5.56 Å². The average Bonchev–Trinajstić information content (AvgIpc) is 3.24. The first-order valence-electron chi connectivity index (χ1n) is 10.3. The van der Waals surface area contributed by atoms with Crippen LogP contribution in [0.3, 0.4) is 0 Å². The molecule has 3 aromatic rings. The highest BCUT2D eigenvalue weighted by molar-refractivity contribution is 9.10. The number of anilines is 1. The van der Waals surface area contributed by atoms with Gasteiger partial charge in [0.2, 0.25) is 0 Å². The number of hydrogen-bond acceptors (Lipinski definition) is 3. The highest BCUT2D eigenvalue weighted by Crippen LogP contribution is 2.51. The zero-order chi connectivity index (χ0) is 20.5. The van der Waals surface area contributed by atoms with Crippen LogP contribution >= 0.6 is 15.9 Å². The molecule has 5 heteroatoms. The van der Waals surface area contributed by atoms with Crippen molar-refractivity contribution in [1.82, 2.24) is 4.90 Å². The number of nitrogens with zero attached hydrogens (tertiary/aromatic N) is 1. The van der Waals surface area contributed by atoms with Crippen LogP contribution in [0.15, 0.2) is 83.3 Å². The Kier molecular flexibility index (Phi) is 5.21. The second-order valence-electron chi connectivity index (χ2n) is 7.90. The van der Waals surface area contributed by atoms with Gasteiger partial charge in [-0.3, -0.25) is 0 Å². The summed E-state index contributed by atoms with van der Waals surface area (Å²) in [4.78, 5) is 15.0. The molecule has 0 aliphatic carbocycles. The van der Waals surface area contributed by atoms with Crippen LogP contribution in [0.25, 0.3) is 0 Å². The Morgan fingerprint density at radius 2 is 1.77 bits per heavy atom. The summed E-state index contributed by atoms with van der Waals surface area (Å²) in [6.45, 7) is 0.985. The summed E-state index contributed by atoms with van der Waals surface area (Å²) in [5.74, 6) is 0.290. The molecule has 2 aliphatic rings.